The molecule has 1 heterocycles. The highest BCUT2D eigenvalue weighted by molar-refractivity contribution is 8.12. The van der Waals surface area contributed by atoms with Crippen molar-refractivity contribution in [3.8, 4) is 36.1 Å². The quantitative estimate of drug-likeness (QED) is 0.530. The molecule has 12 heteroatoms. The number of hydrogen-bond donors (Lipinski definition) is 0. The van der Waals surface area contributed by atoms with E-state index in [9.17, 15) is 30.0 Å². The highest BCUT2D eigenvalue weighted by Gasteiger charge is 2.39. The molecular formula is C12H10F3N3O4S2. The molecule has 130 valence electrons. The fraction of sp³-hybridized carbons (Fsp3) is 0.250. The van der Waals surface area contributed by atoms with E-state index in [-0.39, 0.29) is 6.26 Å². The van der Waals surface area contributed by atoms with Crippen molar-refractivity contribution < 1.29 is 34.6 Å². The van der Waals surface area contributed by atoms with Crippen LogP contribution in [-0.4, -0.2) is 33.2 Å². The molecule has 0 saturated carbocycles. The van der Waals surface area contributed by atoms with Gasteiger partial charge < -0.3 is 4.13 Å². The van der Waals surface area contributed by atoms with Gasteiger partial charge in [0.05, 0.1) is 17.1 Å². The first-order valence-corrected chi connectivity index (χ1v) is 8.83. The molecule has 0 spiro atoms. The summed E-state index contributed by atoms with van der Waals surface area (Å²) in [5, 5.41) is 0. The first-order valence-electron chi connectivity index (χ1n) is 5.54. The summed E-state index contributed by atoms with van der Waals surface area (Å²) >= 11 is 0. The van der Waals surface area contributed by atoms with Gasteiger partial charge in [-0.3, -0.25) is 0 Å². The number of hydrogen-bond acceptors (Lipinski definition) is 4. The van der Waals surface area contributed by atoms with Crippen LogP contribution in [-0.2, 0) is 27.1 Å². The zero-order valence-electron chi connectivity index (χ0n) is 12.2. The minimum absolute atomic E-state index is 0.246. The van der Waals surface area contributed by atoms with Gasteiger partial charge in [-0.05, 0) is 11.8 Å². The predicted molar refractivity (Wildman–Crippen MR) is 78.6 cm³/mol. The fourth-order valence-electron chi connectivity index (χ4n) is 0.897. The van der Waals surface area contributed by atoms with E-state index >= 15 is 0 Å². The predicted octanol–water partition coefficient (Wildman–Crippen LogP) is -0.0725. The van der Waals surface area contributed by atoms with Crippen molar-refractivity contribution in [2.45, 2.75) is 5.51 Å². The van der Waals surface area contributed by atoms with E-state index in [2.05, 4.69) is 29.7 Å². The lowest BCUT2D eigenvalue weighted by Gasteiger charge is -2.19. The topological polar surface area (TPSA) is 91.2 Å². The molecule has 0 atom stereocenters. The summed E-state index contributed by atoms with van der Waals surface area (Å²) in [5.74, 6) is 9.72. The zero-order valence-corrected chi connectivity index (χ0v) is 13.9. The van der Waals surface area contributed by atoms with Gasteiger partial charge in [-0.15, -0.1) is 6.42 Å². The minimum atomic E-state index is -5.92. The third-order valence-electron chi connectivity index (χ3n) is 1.68. The van der Waals surface area contributed by atoms with Crippen LogP contribution in [0, 0.1) is 36.1 Å². The van der Waals surface area contributed by atoms with Crippen LogP contribution in [0.2, 0.25) is 0 Å². The Kier molecular flexibility index (Phi) is 7.55. The summed E-state index contributed by atoms with van der Waals surface area (Å²) in [6, 6.07) is 2.78. The summed E-state index contributed by atoms with van der Waals surface area (Å²) in [7, 11) is -8.54. The maximum atomic E-state index is 11.4. The van der Waals surface area contributed by atoms with Gasteiger partial charge in [-0.2, -0.15) is 17.7 Å². The molecule has 24 heavy (non-hydrogen) atoms. The molecule has 1 rings (SSSR count). The number of rotatable bonds is 2. The molecule has 7 nitrogen and oxygen atoms in total. The van der Waals surface area contributed by atoms with E-state index < -0.39 is 25.6 Å². The first kappa shape index (κ1) is 21.5. The lowest BCUT2D eigenvalue weighted by atomic mass is 10.6. The van der Waals surface area contributed by atoms with E-state index in [0.29, 0.717) is 0 Å². The van der Waals surface area contributed by atoms with Gasteiger partial charge in [0.1, 0.15) is 18.4 Å². The van der Waals surface area contributed by atoms with Crippen molar-refractivity contribution in [2.75, 3.05) is 6.26 Å². The number of sulfonamides is 2. The average molecular weight is 381 g/mol. The summed E-state index contributed by atoms with van der Waals surface area (Å²) in [5.41, 5.74) is -5.67. The third kappa shape index (κ3) is 8.86. The summed E-state index contributed by atoms with van der Waals surface area (Å²) in [4.78, 5) is 0. The Morgan fingerprint density at radius 1 is 1.17 bits per heavy atom. The normalized spacial score (nSPS) is 10.8. The Morgan fingerprint density at radius 3 is 2.08 bits per heavy atom. The van der Waals surface area contributed by atoms with Gasteiger partial charge in [0.2, 0.25) is 0 Å². The van der Waals surface area contributed by atoms with Gasteiger partial charge in [0, 0.05) is 18.1 Å². The zero-order chi connectivity index (χ0) is 19.0. The lowest BCUT2D eigenvalue weighted by Crippen LogP contribution is -2.23. The molecule has 0 bridgehead atoms. The Hall–Kier alpha value is -2.46. The second kappa shape index (κ2) is 8.41. The fourth-order valence-corrected chi connectivity index (χ4v) is 2.66. The molecule has 1 aromatic heterocycles. The average Bonchev–Trinajstić information content (AvgIpc) is 2.77. The van der Waals surface area contributed by atoms with Crippen molar-refractivity contribution in [1.82, 2.24) is 4.57 Å². The molecule has 0 N–H and O–H groups in total. The van der Waals surface area contributed by atoms with Gasteiger partial charge in [0.15, 0.2) is 10.0 Å². The van der Waals surface area contributed by atoms with Crippen LogP contribution in [0.5, 0.6) is 0 Å². The summed E-state index contributed by atoms with van der Waals surface area (Å²) < 4.78 is 79.6. The second-order valence-corrected chi connectivity index (χ2v) is 7.32. The molecule has 0 aliphatic rings. The molecule has 1 aromatic rings. The standard InChI is InChI=1S/C10H7N2.C2H3F3NO4S2/c1-3-4-5-6-7-12-9-8-11(2)10-12;1-11(7,8)6-12(9,10)2(3,4)5/h1,8-10H,2H3;1H3/q+1;-1. The Bertz CT molecular complexity index is 947. The number of terminal acetylenes is 1. The van der Waals surface area contributed by atoms with E-state index in [1.54, 1.807) is 8.69 Å². The molecular weight excluding hydrogens is 371 g/mol. The Morgan fingerprint density at radius 2 is 1.75 bits per heavy atom. The largest absolute Gasteiger partial charge is 0.480 e. The maximum Gasteiger partial charge on any atom is 0.480 e. The van der Waals surface area contributed by atoms with Gasteiger partial charge in [-0.1, -0.05) is 0 Å². The number of nitrogens with zero attached hydrogens (tertiary/aromatic N) is 3. The molecule has 0 aliphatic heterocycles. The van der Waals surface area contributed by atoms with Crippen LogP contribution >= 0.6 is 0 Å². The Balaban J connectivity index is 0.000000441. The molecule has 0 fully saturated rings. The number of imidazole rings is 1. The lowest BCUT2D eigenvalue weighted by molar-refractivity contribution is -0.670. The molecule has 0 aromatic carbocycles. The van der Waals surface area contributed by atoms with Crippen molar-refractivity contribution in [1.29, 1.82) is 0 Å². The first-order chi connectivity index (χ1) is 10.8. The van der Waals surface area contributed by atoms with Crippen molar-refractivity contribution in [3.05, 3.63) is 22.8 Å². The van der Waals surface area contributed by atoms with Crippen LogP contribution < -0.4 is 4.57 Å². The molecule has 0 radical (unpaired) electrons. The number of aryl methyl sites for hydroxylation is 1. The van der Waals surface area contributed by atoms with Crippen molar-refractivity contribution in [3.63, 3.8) is 0 Å². The smallest absolute Gasteiger partial charge is 0.429 e. The van der Waals surface area contributed by atoms with Gasteiger partial charge in [-0.25, -0.2) is 21.4 Å². The third-order valence-corrected chi connectivity index (χ3v) is 4.13. The highest BCUT2D eigenvalue weighted by atomic mass is 32.3. The molecule has 0 amide bonds. The monoisotopic (exact) mass is 381 g/mol. The van der Waals surface area contributed by atoms with E-state index in [4.69, 9.17) is 6.42 Å². The molecule has 0 aliphatic carbocycles. The molecule has 0 unspecified atom stereocenters. The number of alkyl halides is 3. The van der Waals surface area contributed by atoms with Crippen molar-refractivity contribution >= 4 is 20.0 Å². The van der Waals surface area contributed by atoms with E-state index in [1.165, 1.54) is 0 Å². The van der Waals surface area contributed by atoms with Crippen LogP contribution in [0.15, 0.2) is 18.7 Å². The van der Waals surface area contributed by atoms with Crippen molar-refractivity contribution in [2.24, 2.45) is 7.05 Å². The van der Waals surface area contributed by atoms with Gasteiger partial charge in [0.25, 0.3) is 6.33 Å². The SMILES string of the molecule is C#CC#CC#Cn1cc[n+](C)c1.CS(=O)(=O)[N-]S(=O)(=O)C(F)(F)F. The highest BCUT2D eigenvalue weighted by Crippen LogP contribution is 2.29. The summed E-state index contributed by atoms with van der Waals surface area (Å²) in [6.45, 7) is 0. The van der Waals surface area contributed by atoms with Crippen LogP contribution in [0.25, 0.3) is 4.13 Å². The summed E-state index contributed by atoms with van der Waals surface area (Å²) in [6.07, 6.45) is 10.7. The van der Waals surface area contributed by atoms with Crippen LogP contribution in [0.4, 0.5) is 13.2 Å². The maximum absolute atomic E-state index is 11.4. The minimum Gasteiger partial charge on any atom is -0.429 e. The van der Waals surface area contributed by atoms with Crippen LogP contribution in [0.1, 0.15) is 0 Å². The Labute approximate surface area is 137 Å². The van der Waals surface area contributed by atoms with Gasteiger partial charge >= 0.3 is 5.51 Å². The number of halogens is 3. The van der Waals surface area contributed by atoms with E-state index in [0.717, 1.165) is 0 Å². The van der Waals surface area contributed by atoms with Crippen LogP contribution in [0.3, 0.4) is 0 Å². The van der Waals surface area contributed by atoms with E-state index in [1.807, 2.05) is 30.3 Å². The number of aromatic nitrogens is 2. The second-order valence-electron chi connectivity index (χ2n) is 3.85. The molecule has 0 saturated heterocycles.